The molecular weight excluding hydrogens is 257 g/mol. The lowest BCUT2D eigenvalue weighted by atomic mass is 10.2. The van der Waals surface area contributed by atoms with Crippen molar-refractivity contribution < 1.29 is 13.9 Å². The molecule has 2 rings (SSSR count). The highest BCUT2D eigenvalue weighted by Gasteiger charge is 2.05. The van der Waals surface area contributed by atoms with Gasteiger partial charge in [-0.25, -0.2) is 9.18 Å². The second kappa shape index (κ2) is 7.09. The number of amides is 1. The van der Waals surface area contributed by atoms with E-state index in [1.54, 1.807) is 18.2 Å². The van der Waals surface area contributed by atoms with Gasteiger partial charge in [-0.05, 0) is 23.8 Å². The second-order valence-electron chi connectivity index (χ2n) is 4.02. The lowest BCUT2D eigenvalue weighted by Gasteiger charge is -2.05. The molecule has 0 unspecified atom stereocenters. The summed E-state index contributed by atoms with van der Waals surface area (Å²) in [6, 6.07) is 15.6. The molecule has 0 aliphatic heterocycles. The van der Waals surface area contributed by atoms with Gasteiger partial charge in [0.2, 0.25) is 0 Å². The highest BCUT2D eigenvalue weighted by Crippen LogP contribution is 2.12. The lowest BCUT2D eigenvalue weighted by molar-refractivity contribution is 0.174. The number of nitrogens with one attached hydrogen (secondary N) is 1. The standard InChI is InChI=1S/C16H14FNO2/c17-14-10-4-5-11-15(14)18-16(19)20-12-6-9-13-7-2-1-3-8-13/h1-11H,12H2,(H,18,19)/b9-6+. The van der Waals surface area contributed by atoms with Crippen molar-refractivity contribution in [3.05, 3.63) is 72.1 Å². The number of rotatable bonds is 4. The molecular formula is C16H14FNO2. The number of hydrogen-bond donors (Lipinski definition) is 1. The first-order valence-corrected chi connectivity index (χ1v) is 6.15. The van der Waals surface area contributed by atoms with Crippen LogP contribution in [0.2, 0.25) is 0 Å². The van der Waals surface area contributed by atoms with Crippen LogP contribution in [0.4, 0.5) is 14.9 Å². The number of ether oxygens (including phenoxy) is 1. The minimum absolute atomic E-state index is 0.101. The fourth-order valence-electron chi connectivity index (χ4n) is 1.58. The predicted octanol–water partition coefficient (Wildman–Crippen LogP) is 4.09. The highest BCUT2D eigenvalue weighted by atomic mass is 19.1. The van der Waals surface area contributed by atoms with Crippen LogP contribution < -0.4 is 5.32 Å². The summed E-state index contributed by atoms with van der Waals surface area (Å²) in [5.74, 6) is -0.496. The number of benzene rings is 2. The van der Waals surface area contributed by atoms with Crippen LogP contribution in [0.5, 0.6) is 0 Å². The van der Waals surface area contributed by atoms with Gasteiger partial charge in [-0.1, -0.05) is 48.5 Å². The second-order valence-corrected chi connectivity index (χ2v) is 4.02. The van der Waals surface area contributed by atoms with Gasteiger partial charge in [0.15, 0.2) is 0 Å². The monoisotopic (exact) mass is 271 g/mol. The number of anilines is 1. The van der Waals surface area contributed by atoms with Gasteiger partial charge >= 0.3 is 6.09 Å². The van der Waals surface area contributed by atoms with E-state index in [2.05, 4.69) is 5.32 Å². The van der Waals surface area contributed by atoms with E-state index in [1.165, 1.54) is 12.1 Å². The van der Waals surface area contributed by atoms with Gasteiger partial charge in [-0.3, -0.25) is 5.32 Å². The molecule has 0 heterocycles. The van der Waals surface area contributed by atoms with Crippen molar-refractivity contribution in [1.82, 2.24) is 0 Å². The zero-order valence-corrected chi connectivity index (χ0v) is 10.8. The molecule has 1 amide bonds. The Morgan fingerprint density at radius 1 is 1.10 bits per heavy atom. The van der Waals surface area contributed by atoms with E-state index < -0.39 is 11.9 Å². The lowest BCUT2D eigenvalue weighted by Crippen LogP contribution is -2.14. The van der Waals surface area contributed by atoms with Gasteiger partial charge in [-0.2, -0.15) is 0 Å². The Bertz CT molecular complexity index is 596. The Morgan fingerprint density at radius 3 is 2.55 bits per heavy atom. The first-order valence-electron chi connectivity index (χ1n) is 6.15. The quantitative estimate of drug-likeness (QED) is 0.909. The SMILES string of the molecule is O=C(Nc1ccccc1F)OC/C=C/c1ccccc1. The molecule has 0 spiro atoms. The van der Waals surface area contributed by atoms with Crippen LogP contribution in [0.15, 0.2) is 60.7 Å². The third-order valence-electron chi connectivity index (χ3n) is 2.53. The van der Waals surface area contributed by atoms with Crippen molar-refractivity contribution in [2.75, 3.05) is 11.9 Å². The molecule has 0 saturated carbocycles. The van der Waals surface area contributed by atoms with Crippen LogP contribution in [-0.4, -0.2) is 12.7 Å². The first kappa shape index (κ1) is 13.8. The molecule has 2 aromatic carbocycles. The van der Waals surface area contributed by atoms with Gasteiger partial charge in [0.1, 0.15) is 12.4 Å². The molecule has 0 fully saturated rings. The van der Waals surface area contributed by atoms with Crippen LogP contribution in [0, 0.1) is 5.82 Å². The maximum atomic E-state index is 13.3. The number of hydrogen-bond acceptors (Lipinski definition) is 2. The average molecular weight is 271 g/mol. The van der Waals surface area contributed by atoms with Crippen molar-refractivity contribution in [2.45, 2.75) is 0 Å². The Hall–Kier alpha value is -2.62. The molecule has 2 aromatic rings. The minimum Gasteiger partial charge on any atom is -0.445 e. The summed E-state index contributed by atoms with van der Waals surface area (Å²) in [6.45, 7) is 0.120. The first-order chi connectivity index (χ1) is 9.75. The summed E-state index contributed by atoms with van der Waals surface area (Å²) < 4.78 is 18.2. The largest absolute Gasteiger partial charge is 0.445 e. The molecule has 0 aliphatic carbocycles. The topological polar surface area (TPSA) is 38.3 Å². The Kier molecular flexibility index (Phi) is 4.89. The summed E-state index contributed by atoms with van der Waals surface area (Å²) in [5.41, 5.74) is 1.12. The van der Waals surface area contributed by atoms with Gasteiger partial charge in [0.05, 0.1) is 5.69 Å². The summed E-state index contributed by atoms with van der Waals surface area (Å²) in [7, 11) is 0. The Labute approximate surface area is 116 Å². The zero-order chi connectivity index (χ0) is 14.2. The third kappa shape index (κ3) is 4.24. The van der Waals surface area contributed by atoms with Gasteiger partial charge in [0.25, 0.3) is 0 Å². The van der Waals surface area contributed by atoms with E-state index in [0.717, 1.165) is 5.56 Å². The van der Waals surface area contributed by atoms with E-state index in [4.69, 9.17) is 4.74 Å². The van der Waals surface area contributed by atoms with Crippen molar-refractivity contribution in [3.8, 4) is 0 Å². The molecule has 0 bridgehead atoms. The smallest absolute Gasteiger partial charge is 0.412 e. The Balaban J connectivity index is 1.79. The maximum Gasteiger partial charge on any atom is 0.412 e. The predicted molar refractivity (Wildman–Crippen MR) is 76.8 cm³/mol. The molecule has 0 atom stereocenters. The summed E-state index contributed by atoms with van der Waals surface area (Å²) in [5, 5.41) is 2.34. The van der Waals surface area contributed by atoms with Crippen LogP contribution in [0.25, 0.3) is 6.08 Å². The van der Waals surface area contributed by atoms with Crippen molar-refractivity contribution in [2.24, 2.45) is 0 Å². The van der Waals surface area contributed by atoms with E-state index >= 15 is 0 Å². The van der Waals surface area contributed by atoms with Gasteiger partial charge in [-0.15, -0.1) is 0 Å². The molecule has 20 heavy (non-hydrogen) atoms. The van der Waals surface area contributed by atoms with Crippen LogP contribution in [0.3, 0.4) is 0 Å². The maximum absolute atomic E-state index is 13.3. The number of carbonyl (C=O) groups is 1. The van der Waals surface area contributed by atoms with E-state index in [-0.39, 0.29) is 12.3 Å². The number of halogens is 1. The van der Waals surface area contributed by atoms with Crippen LogP contribution >= 0.6 is 0 Å². The third-order valence-corrected chi connectivity index (χ3v) is 2.53. The molecule has 3 nitrogen and oxygen atoms in total. The van der Waals surface area contributed by atoms with Crippen LogP contribution in [0.1, 0.15) is 5.56 Å². The molecule has 0 aliphatic rings. The molecule has 4 heteroatoms. The molecule has 0 aromatic heterocycles. The zero-order valence-electron chi connectivity index (χ0n) is 10.8. The van der Waals surface area contributed by atoms with Crippen molar-refractivity contribution >= 4 is 17.9 Å². The Morgan fingerprint density at radius 2 is 1.80 bits per heavy atom. The summed E-state index contributed by atoms with van der Waals surface area (Å²) in [6.07, 6.45) is 2.87. The van der Waals surface area contributed by atoms with Crippen molar-refractivity contribution in [1.29, 1.82) is 0 Å². The van der Waals surface area contributed by atoms with Gasteiger partial charge in [0, 0.05) is 0 Å². The fourth-order valence-corrected chi connectivity index (χ4v) is 1.58. The molecule has 102 valence electrons. The fraction of sp³-hybridized carbons (Fsp3) is 0.0625. The molecule has 0 radical (unpaired) electrons. The van der Waals surface area contributed by atoms with Crippen LogP contribution in [-0.2, 0) is 4.74 Å². The van der Waals surface area contributed by atoms with E-state index in [1.807, 2.05) is 36.4 Å². The highest BCUT2D eigenvalue weighted by molar-refractivity contribution is 5.84. The summed E-state index contributed by atoms with van der Waals surface area (Å²) in [4.78, 5) is 11.4. The van der Waals surface area contributed by atoms with E-state index in [0.29, 0.717) is 0 Å². The van der Waals surface area contributed by atoms with Gasteiger partial charge < -0.3 is 4.74 Å². The minimum atomic E-state index is -0.687. The number of para-hydroxylation sites is 1. The van der Waals surface area contributed by atoms with E-state index in [9.17, 15) is 9.18 Å². The summed E-state index contributed by atoms with van der Waals surface area (Å²) >= 11 is 0. The molecule has 0 saturated heterocycles. The van der Waals surface area contributed by atoms with Crippen molar-refractivity contribution in [3.63, 3.8) is 0 Å². The average Bonchev–Trinajstić information content (AvgIpc) is 2.47. The number of carbonyl (C=O) groups excluding carboxylic acids is 1. The normalized spacial score (nSPS) is 10.4. The molecule has 1 N–H and O–H groups in total.